The molecule has 0 saturated heterocycles. The van der Waals surface area contributed by atoms with Gasteiger partial charge in [-0.3, -0.25) is 4.98 Å². The maximum Gasteiger partial charge on any atom is 0.0749 e. The van der Waals surface area contributed by atoms with E-state index in [0.717, 1.165) is 5.69 Å². The highest BCUT2D eigenvalue weighted by atomic mass is 79.9. The minimum Gasteiger partial charge on any atom is -0.260 e. The molecule has 1 rings (SSSR count). The van der Waals surface area contributed by atoms with Crippen molar-refractivity contribution < 1.29 is 0 Å². The Morgan fingerprint density at radius 2 is 2.44 bits per heavy atom. The van der Waals surface area contributed by atoms with E-state index < -0.39 is 0 Å². The van der Waals surface area contributed by atoms with Crippen molar-refractivity contribution in [2.24, 2.45) is 0 Å². The number of hydrogen-bond donors (Lipinski definition) is 0. The van der Waals surface area contributed by atoms with E-state index in [1.54, 1.807) is 23.7 Å². The predicted octanol–water partition coefficient (Wildman–Crippen LogP) is 2.64. The SMILES string of the molecule is Clc1ccnc([CH]Br)c1. The molecule has 1 aromatic heterocycles. The Bertz CT molecular complexity index is 202. The highest BCUT2D eigenvalue weighted by Crippen LogP contribution is 2.10. The van der Waals surface area contributed by atoms with Gasteiger partial charge in [0.25, 0.3) is 0 Å². The van der Waals surface area contributed by atoms with Gasteiger partial charge in [0.2, 0.25) is 0 Å². The molecule has 1 aromatic rings. The van der Waals surface area contributed by atoms with Gasteiger partial charge in [0, 0.05) is 11.2 Å². The number of rotatable bonds is 1. The maximum atomic E-state index is 5.64. The van der Waals surface area contributed by atoms with Gasteiger partial charge in [0.1, 0.15) is 0 Å². The molecule has 0 atom stereocenters. The van der Waals surface area contributed by atoms with Crippen LogP contribution in [0.3, 0.4) is 0 Å². The fraction of sp³-hybridized carbons (Fsp3) is 0. The van der Waals surface area contributed by atoms with Crippen molar-refractivity contribution in [3.8, 4) is 0 Å². The third kappa shape index (κ3) is 1.95. The molecule has 0 spiro atoms. The first-order valence-corrected chi connectivity index (χ1v) is 3.67. The molecular weight excluding hydrogens is 201 g/mol. The van der Waals surface area contributed by atoms with Crippen molar-refractivity contribution >= 4 is 27.5 Å². The summed E-state index contributed by atoms with van der Waals surface area (Å²) < 4.78 is 0. The van der Waals surface area contributed by atoms with E-state index in [1.807, 2.05) is 0 Å². The second kappa shape index (κ2) is 3.18. The lowest BCUT2D eigenvalue weighted by molar-refractivity contribution is 1.26. The van der Waals surface area contributed by atoms with Gasteiger partial charge in [-0.15, -0.1) is 0 Å². The fourth-order valence-electron chi connectivity index (χ4n) is 0.481. The van der Waals surface area contributed by atoms with Gasteiger partial charge >= 0.3 is 0 Å². The highest BCUT2D eigenvalue weighted by molar-refractivity contribution is 9.10. The molecule has 0 N–H and O–H groups in total. The lowest BCUT2D eigenvalue weighted by Crippen LogP contribution is -1.79. The summed E-state index contributed by atoms with van der Waals surface area (Å²) in [6, 6.07) is 3.51. The van der Waals surface area contributed by atoms with Crippen LogP contribution in [0.4, 0.5) is 0 Å². The van der Waals surface area contributed by atoms with E-state index in [-0.39, 0.29) is 0 Å². The zero-order valence-electron chi connectivity index (χ0n) is 4.51. The van der Waals surface area contributed by atoms with Gasteiger partial charge in [-0.25, -0.2) is 0 Å². The summed E-state index contributed by atoms with van der Waals surface area (Å²) in [5, 5.41) is 2.43. The Balaban J connectivity index is 2.94. The molecule has 0 aliphatic carbocycles. The van der Waals surface area contributed by atoms with Gasteiger partial charge in [-0.2, -0.15) is 0 Å². The standard InChI is InChI=1S/C6H4BrClN/c7-4-6-3-5(8)1-2-9-6/h1-4H. The second-order valence-corrected chi connectivity index (χ2v) is 2.40. The van der Waals surface area contributed by atoms with Gasteiger partial charge in [0.15, 0.2) is 0 Å². The molecule has 9 heavy (non-hydrogen) atoms. The Morgan fingerprint density at radius 3 is 2.89 bits per heavy atom. The molecule has 47 valence electrons. The van der Waals surface area contributed by atoms with Crippen LogP contribution in [0.15, 0.2) is 18.3 Å². The molecule has 0 aromatic carbocycles. The molecule has 0 aliphatic heterocycles. The van der Waals surface area contributed by atoms with Crippen molar-refractivity contribution in [1.82, 2.24) is 4.98 Å². The quantitative estimate of drug-likeness (QED) is 0.687. The second-order valence-electron chi connectivity index (χ2n) is 1.51. The van der Waals surface area contributed by atoms with Crippen LogP contribution in [-0.2, 0) is 0 Å². The van der Waals surface area contributed by atoms with Crippen molar-refractivity contribution in [3.05, 3.63) is 34.4 Å². The van der Waals surface area contributed by atoms with E-state index in [1.165, 1.54) is 0 Å². The topological polar surface area (TPSA) is 12.9 Å². The zero-order chi connectivity index (χ0) is 6.69. The summed E-state index contributed by atoms with van der Waals surface area (Å²) >= 11 is 8.79. The molecule has 0 saturated carbocycles. The third-order valence-electron chi connectivity index (χ3n) is 0.855. The van der Waals surface area contributed by atoms with E-state index in [9.17, 15) is 0 Å². The largest absolute Gasteiger partial charge is 0.260 e. The van der Waals surface area contributed by atoms with Gasteiger partial charge in [-0.05, 0) is 12.1 Å². The monoisotopic (exact) mass is 204 g/mol. The van der Waals surface area contributed by atoms with E-state index >= 15 is 0 Å². The first kappa shape index (κ1) is 7.03. The highest BCUT2D eigenvalue weighted by Gasteiger charge is 1.90. The molecule has 1 radical (unpaired) electrons. The van der Waals surface area contributed by atoms with Gasteiger partial charge < -0.3 is 0 Å². The number of halogens is 2. The summed E-state index contributed by atoms with van der Waals surface area (Å²) in [6.45, 7) is 0. The third-order valence-corrected chi connectivity index (χ3v) is 1.56. The molecule has 0 bridgehead atoms. The van der Waals surface area contributed by atoms with Crippen LogP contribution >= 0.6 is 27.5 Å². The summed E-state index contributed by atoms with van der Waals surface area (Å²) in [6.07, 6.45) is 1.66. The van der Waals surface area contributed by atoms with E-state index in [0.29, 0.717) is 5.02 Å². The van der Waals surface area contributed by atoms with Crippen LogP contribution in [0.25, 0.3) is 0 Å². The van der Waals surface area contributed by atoms with Crippen LogP contribution < -0.4 is 0 Å². The van der Waals surface area contributed by atoms with Crippen molar-refractivity contribution in [2.75, 3.05) is 0 Å². The average Bonchev–Trinajstić information content (AvgIpc) is 1.88. The van der Waals surface area contributed by atoms with Crippen molar-refractivity contribution in [2.45, 2.75) is 0 Å². The normalized spacial score (nSPS) is 9.56. The lowest BCUT2D eigenvalue weighted by atomic mass is 10.4. The summed E-state index contributed by atoms with van der Waals surface area (Å²) in [5.74, 6) is 0. The van der Waals surface area contributed by atoms with Crippen molar-refractivity contribution in [1.29, 1.82) is 0 Å². The van der Waals surface area contributed by atoms with Crippen LogP contribution in [0.1, 0.15) is 5.69 Å². The first-order chi connectivity index (χ1) is 4.33. The Hall–Kier alpha value is -0.0800. The number of nitrogens with zero attached hydrogens (tertiary/aromatic N) is 1. The van der Waals surface area contributed by atoms with Crippen LogP contribution in [0.2, 0.25) is 5.02 Å². The number of hydrogen-bond acceptors (Lipinski definition) is 1. The van der Waals surface area contributed by atoms with Crippen molar-refractivity contribution in [3.63, 3.8) is 0 Å². The van der Waals surface area contributed by atoms with Gasteiger partial charge in [0.05, 0.1) is 11.0 Å². The fourth-order valence-corrected chi connectivity index (χ4v) is 0.899. The minimum absolute atomic E-state index is 0.704. The Labute approximate surface area is 67.2 Å². The predicted molar refractivity (Wildman–Crippen MR) is 41.6 cm³/mol. The van der Waals surface area contributed by atoms with Gasteiger partial charge in [-0.1, -0.05) is 27.5 Å². The average molecular weight is 205 g/mol. The maximum absolute atomic E-state index is 5.64. The smallest absolute Gasteiger partial charge is 0.0749 e. The number of pyridine rings is 1. The molecule has 0 amide bonds. The molecule has 0 unspecified atom stereocenters. The summed E-state index contributed by atoms with van der Waals surface area (Å²) in [4.78, 5) is 3.97. The Morgan fingerprint density at radius 1 is 1.67 bits per heavy atom. The van der Waals surface area contributed by atoms with E-state index in [2.05, 4.69) is 20.9 Å². The summed E-state index contributed by atoms with van der Waals surface area (Å²) in [7, 11) is 0. The van der Waals surface area contributed by atoms with Crippen LogP contribution in [0, 0.1) is 5.33 Å². The first-order valence-electron chi connectivity index (χ1n) is 2.38. The summed E-state index contributed by atoms with van der Waals surface area (Å²) in [5.41, 5.74) is 0.836. The lowest BCUT2D eigenvalue weighted by Gasteiger charge is -1.91. The molecule has 0 fully saturated rings. The molecule has 0 aliphatic rings. The molecule has 1 nitrogen and oxygen atoms in total. The molecule has 3 heteroatoms. The Kier molecular flexibility index (Phi) is 2.49. The van der Waals surface area contributed by atoms with Crippen LogP contribution in [-0.4, -0.2) is 4.98 Å². The number of aromatic nitrogens is 1. The van der Waals surface area contributed by atoms with Crippen LogP contribution in [0.5, 0.6) is 0 Å². The minimum atomic E-state index is 0.704. The zero-order valence-corrected chi connectivity index (χ0v) is 6.85. The molecular formula is C6H4BrClN. The molecule has 1 heterocycles. The van der Waals surface area contributed by atoms with E-state index in [4.69, 9.17) is 11.6 Å².